The summed E-state index contributed by atoms with van der Waals surface area (Å²) < 4.78 is 0. The van der Waals surface area contributed by atoms with Crippen molar-refractivity contribution in [3.8, 4) is 0 Å². The maximum Gasteiger partial charge on any atom is 0.328 e. The van der Waals surface area contributed by atoms with E-state index in [-0.39, 0.29) is 50.2 Å². The molecule has 0 fully saturated rings. The van der Waals surface area contributed by atoms with Crippen LogP contribution >= 0.6 is 0 Å². The first-order chi connectivity index (χ1) is 25.3. The molecule has 0 aliphatic carbocycles. The van der Waals surface area contributed by atoms with Gasteiger partial charge in [-0.3, -0.25) is 28.8 Å². The number of amides is 4. The first kappa shape index (κ1) is 44.6. The maximum atomic E-state index is 13.7. The van der Waals surface area contributed by atoms with Crippen LogP contribution in [0.15, 0.2) is 48.5 Å². The summed E-state index contributed by atoms with van der Waals surface area (Å²) in [6, 6.07) is 12.2. The molecular weight excluding hydrogens is 700 g/mol. The summed E-state index contributed by atoms with van der Waals surface area (Å²) in [6.07, 6.45) is -1.40. The third kappa shape index (κ3) is 15.2. The number of carboxylic acids is 3. The monoisotopic (exact) mass is 752 g/mol. The number of carbonyl (C=O) groups excluding carboxylic acids is 5. The zero-order valence-corrected chi connectivity index (χ0v) is 31.4. The van der Waals surface area contributed by atoms with Crippen molar-refractivity contribution < 1.29 is 53.7 Å². The summed E-state index contributed by atoms with van der Waals surface area (Å²) in [4.78, 5) is 100. The summed E-state index contributed by atoms with van der Waals surface area (Å²) in [5, 5.41) is 38.4. The van der Waals surface area contributed by atoms with E-state index in [0.717, 1.165) is 5.56 Å². The molecule has 4 atom stereocenters. The van der Waals surface area contributed by atoms with Crippen LogP contribution in [0, 0.1) is 24.7 Å². The van der Waals surface area contributed by atoms with Gasteiger partial charge in [0.05, 0.1) is 6.04 Å². The number of carbonyl (C=O) groups is 8. The van der Waals surface area contributed by atoms with E-state index < -0.39 is 77.8 Å². The molecule has 0 aromatic heterocycles. The normalized spacial score (nSPS) is 13.4. The minimum absolute atomic E-state index is 0.00109. The van der Waals surface area contributed by atoms with Crippen LogP contribution in [0.2, 0.25) is 0 Å². The highest BCUT2D eigenvalue weighted by Gasteiger charge is 2.35. The van der Waals surface area contributed by atoms with Crippen LogP contribution in [0.25, 0.3) is 0 Å². The van der Waals surface area contributed by atoms with Crippen molar-refractivity contribution in [2.45, 2.75) is 104 Å². The minimum atomic E-state index is -1.70. The number of para-hydroxylation sites is 1. The van der Waals surface area contributed by atoms with Crippen LogP contribution in [0.1, 0.15) is 90.2 Å². The van der Waals surface area contributed by atoms with Gasteiger partial charge < -0.3 is 36.6 Å². The van der Waals surface area contributed by atoms with E-state index in [1.165, 1.54) is 13.8 Å². The van der Waals surface area contributed by atoms with Gasteiger partial charge in [-0.05, 0) is 75.3 Å². The predicted molar refractivity (Wildman–Crippen MR) is 200 cm³/mol. The number of ketones is 2. The first-order valence-corrected chi connectivity index (χ1v) is 17.9. The number of Topliss-reactive ketones (excluding diaryl/α,β-unsaturated/α-hetero) is 2. The fraction of sp³-hybridized carbons (Fsp3) is 0.487. The third-order valence-corrected chi connectivity index (χ3v) is 9.21. The number of anilines is 2. The fourth-order valence-corrected chi connectivity index (χ4v) is 5.62. The van der Waals surface area contributed by atoms with Gasteiger partial charge in [0.15, 0.2) is 5.78 Å². The summed E-state index contributed by atoms with van der Waals surface area (Å²) in [6.45, 7) is 7.98. The van der Waals surface area contributed by atoms with Crippen LogP contribution in [0.3, 0.4) is 0 Å². The molecular formula is C39H52N4O11. The number of rotatable bonds is 23. The standard InChI is InChI=1S/C39H52N4O11/c1-6-23(2)29(22-28(44)20-25-14-16-27(17-15-25)40-38(54)42-30-12-8-7-10-24(30)3)36(51)41-31(18-19-34(48)49)32(45)21-26(11-9-13-33(46)47)35(50)43-39(4,5)37(52)53/h7-8,10,12,14-17,23,26,29,31H,6,9,11,13,18-22H2,1-5H3,(H,41,51)(H,43,50)(H,46,47)(H,48,49)(H,52,53)(H2,40,42,54)/t23?,26-,29+,31+/m1/s1. The van der Waals surface area contributed by atoms with Gasteiger partial charge in [0.2, 0.25) is 11.8 Å². The molecule has 2 aromatic rings. The van der Waals surface area contributed by atoms with Crippen LogP contribution in [-0.4, -0.2) is 74.2 Å². The zero-order chi connectivity index (χ0) is 40.6. The Morgan fingerprint density at radius 1 is 0.778 bits per heavy atom. The molecule has 0 radical (unpaired) electrons. The highest BCUT2D eigenvalue weighted by atomic mass is 16.4. The molecule has 0 spiro atoms. The zero-order valence-electron chi connectivity index (χ0n) is 31.4. The van der Waals surface area contributed by atoms with Crippen molar-refractivity contribution in [3.63, 3.8) is 0 Å². The topological polar surface area (TPSA) is 245 Å². The Bertz CT molecular complexity index is 1670. The van der Waals surface area contributed by atoms with E-state index in [1.807, 2.05) is 32.0 Å². The van der Waals surface area contributed by atoms with Gasteiger partial charge >= 0.3 is 23.9 Å². The quantitative estimate of drug-likeness (QED) is 0.0799. The van der Waals surface area contributed by atoms with Crippen molar-refractivity contribution in [1.82, 2.24) is 10.6 Å². The maximum absolute atomic E-state index is 13.7. The van der Waals surface area contributed by atoms with Crippen molar-refractivity contribution in [2.24, 2.45) is 17.8 Å². The lowest BCUT2D eigenvalue weighted by Crippen LogP contribution is -2.52. The Balaban J connectivity index is 2.16. The van der Waals surface area contributed by atoms with E-state index in [9.17, 15) is 48.6 Å². The number of aliphatic carboxylic acids is 3. The summed E-state index contributed by atoms with van der Waals surface area (Å²) in [5.41, 5.74) is 1.00. The van der Waals surface area contributed by atoms with Gasteiger partial charge in [-0.15, -0.1) is 0 Å². The molecule has 0 heterocycles. The van der Waals surface area contributed by atoms with Gasteiger partial charge in [0.25, 0.3) is 0 Å². The number of aryl methyl sites for hydroxylation is 1. The van der Waals surface area contributed by atoms with E-state index >= 15 is 0 Å². The second-order valence-electron chi connectivity index (χ2n) is 14.1. The van der Waals surface area contributed by atoms with Crippen molar-refractivity contribution in [2.75, 3.05) is 10.6 Å². The average molecular weight is 753 g/mol. The number of benzene rings is 2. The molecule has 1 unspecified atom stereocenters. The predicted octanol–water partition coefficient (Wildman–Crippen LogP) is 4.96. The lowest BCUT2D eigenvalue weighted by atomic mass is 9.85. The Morgan fingerprint density at radius 3 is 1.98 bits per heavy atom. The molecule has 4 amide bonds. The molecule has 0 bridgehead atoms. The lowest BCUT2D eigenvalue weighted by molar-refractivity contribution is -0.147. The molecule has 2 aromatic carbocycles. The Morgan fingerprint density at radius 2 is 1.41 bits per heavy atom. The van der Waals surface area contributed by atoms with Gasteiger partial charge in [-0.25, -0.2) is 9.59 Å². The summed E-state index contributed by atoms with van der Waals surface area (Å²) >= 11 is 0. The molecule has 294 valence electrons. The number of hydrogen-bond acceptors (Lipinski definition) is 8. The Labute approximate surface area is 314 Å². The average Bonchev–Trinajstić information content (AvgIpc) is 3.09. The minimum Gasteiger partial charge on any atom is -0.481 e. The number of hydrogen-bond donors (Lipinski definition) is 7. The first-order valence-electron chi connectivity index (χ1n) is 17.9. The molecule has 15 heteroatoms. The largest absolute Gasteiger partial charge is 0.481 e. The van der Waals surface area contributed by atoms with Crippen LogP contribution in [0.5, 0.6) is 0 Å². The smallest absolute Gasteiger partial charge is 0.328 e. The molecule has 0 aliphatic rings. The van der Waals surface area contributed by atoms with E-state index in [1.54, 1.807) is 37.3 Å². The second-order valence-corrected chi connectivity index (χ2v) is 14.1. The molecule has 15 nitrogen and oxygen atoms in total. The number of carboxylic acid groups (broad SMARTS) is 3. The van der Waals surface area contributed by atoms with Gasteiger partial charge in [0, 0.05) is 55.3 Å². The lowest BCUT2D eigenvalue weighted by Gasteiger charge is -2.27. The summed E-state index contributed by atoms with van der Waals surface area (Å²) in [7, 11) is 0. The van der Waals surface area contributed by atoms with Crippen molar-refractivity contribution in [1.29, 1.82) is 0 Å². The Kier molecular flexibility index (Phi) is 17.5. The highest BCUT2D eigenvalue weighted by molar-refractivity contribution is 6.00. The molecule has 0 saturated carbocycles. The van der Waals surface area contributed by atoms with E-state index in [4.69, 9.17) is 5.11 Å². The SMILES string of the molecule is CCC(C)[C@H](CC(=O)Cc1ccc(NC(=O)Nc2ccccc2C)cc1)C(=O)N[C@@H](CCC(=O)O)C(=O)C[C@@H](CCCC(=O)O)C(=O)NC(C)(C)C(=O)O. The van der Waals surface area contributed by atoms with Crippen molar-refractivity contribution in [3.05, 3.63) is 59.7 Å². The van der Waals surface area contributed by atoms with Gasteiger partial charge in [0.1, 0.15) is 11.3 Å². The van der Waals surface area contributed by atoms with Crippen LogP contribution in [-0.2, 0) is 40.0 Å². The molecule has 0 aliphatic heterocycles. The highest BCUT2D eigenvalue weighted by Crippen LogP contribution is 2.24. The Hall–Kier alpha value is -5.60. The second kappa shape index (κ2) is 21.2. The van der Waals surface area contributed by atoms with E-state index in [2.05, 4.69) is 21.3 Å². The van der Waals surface area contributed by atoms with Crippen LogP contribution < -0.4 is 21.3 Å². The van der Waals surface area contributed by atoms with Crippen molar-refractivity contribution >= 4 is 58.7 Å². The number of urea groups is 1. The van der Waals surface area contributed by atoms with Gasteiger partial charge in [-0.2, -0.15) is 0 Å². The fourth-order valence-electron chi connectivity index (χ4n) is 5.62. The molecule has 0 saturated heterocycles. The molecule has 7 N–H and O–H groups in total. The number of nitrogens with one attached hydrogen (secondary N) is 4. The van der Waals surface area contributed by atoms with Crippen LogP contribution in [0.4, 0.5) is 16.2 Å². The molecule has 2 rings (SSSR count). The molecule has 54 heavy (non-hydrogen) atoms. The summed E-state index contributed by atoms with van der Waals surface area (Å²) in [5.74, 6) is -8.44. The van der Waals surface area contributed by atoms with Gasteiger partial charge in [-0.1, -0.05) is 50.6 Å². The third-order valence-electron chi connectivity index (χ3n) is 9.21. The van der Waals surface area contributed by atoms with E-state index in [0.29, 0.717) is 23.4 Å².